The van der Waals surface area contributed by atoms with Gasteiger partial charge in [0.2, 0.25) is 5.91 Å². The van der Waals surface area contributed by atoms with Crippen LogP contribution in [0.1, 0.15) is 18.4 Å². The maximum Gasteiger partial charge on any atom is 0.228 e. The zero-order valence-corrected chi connectivity index (χ0v) is 11.7. The lowest BCUT2D eigenvalue weighted by Gasteiger charge is -2.33. The summed E-state index contributed by atoms with van der Waals surface area (Å²) in [5, 5.41) is 2.83. The fourth-order valence-corrected chi connectivity index (χ4v) is 2.37. The number of hydrogen-bond acceptors (Lipinski definition) is 3. The molecule has 1 amide bonds. The SMILES string of the molecule is O=C(Nc1ccccn1)C1CC(OCc2ccccc2)C1. The lowest BCUT2D eigenvalue weighted by Crippen LogP contribution is -2.39. The first-order valence-corrected chi connectivity index (χ1v) is 7.18. The summed E-state index contributed by atoms with van der Waals surface area (Å²) in [6, 6.07) is 15.6. The van der Waals surface area contributed by atoms with Crippen LogP contribution in [0.2, 0.25) is 0 Å². The van der Waals surface area contributed by atoms with Crippen LogP contribution in [0.5, 0.6) is 0 Å². The minimum absolute atomic E-state index is 0.0350. The third kappa shape index (κ3) is 3.67. The van der Waals surface area contributed by atoms with E-state index in [4.69, 9.17) is 4.74 Å². The molecule has 1 heterocycles. The Labute approximate surface area is 124 Å². The van der Waals surface area contributed by atoms with Crippen LogP contribution in [0.25, 0.3) is 0 Å². The minimum atomic E-state index is 0.0350. The lowest BCUT2D eigenvalue weighted by atomic mass is 9.81. The molecule has 1 saturated carbocycles. The number of carbonyl (C=O) groups excluding carboxylic acids is 1. The Hall–Kier alpha value is -2.20. The standard InChI is InChI=1S/C17H18N2O2/c20-17(19-16-8-4-5-9-18-16)14-10-15(11-14)21-12-13-6-2-1-3-7-13/h1-9,14-15H,10-12H2,(H,18,19,20). The first-order valence-electron chi connectivity index (χ1n) is 7.18. The monoisotopic (exact) mass is 282 g/mol. The molecule has 1 N–H and O–H groups in total. The largest absolute Gasteiger partial charge is 0.373 e. The molecule has 2 aromatic rings. The van der Waals surface area contributed by atoms with Gasteiger partial charge in [0, 0.05) is 12.1 Å². The number of anilines is 1. The van der Waals surface area contributed by atoms with E-state index >= 15 is 0 Å². The van der Waals surface area contributed by atoms with E-state index in [1.165, 1.54) is 5.56 Å². The molecule has 0 aliphatic heterocycles. The predicted molar refractivity (Wildman–Crippen MR) is 80.6 cm³/mol. The van der Waals surface area contributed by atoms with Crippen molar-refractivity contribution in [2.75, 3.05) is 5.32 Å². The highest BCUT2D eigenvalue weighted by molar-refractivity contribution is 5.92. The number of nitrogens with one attached hydrogen (secondary N) is 1. The van der Waals surface area contributed by atoms with E-state index in [0.29, 0.717) is 12.4 Å². The predicted octanol–water partition coefficient (Wildman–Crippen LogP) is 3.02. The Morgan fingerprint density at radius 3 is 2.62 bits per heavy atom. The summed E-state index contributed by atoms with van der Waals surface area (Å²) in [5.74, 6) is 0.678. The molecule has 0 spiro atoms. The molecule has 1 aromatic carbocycles. The van der Waals surface area contributed by atoms with Crippen LogP contribution in [-0.4, -0.2) is 17.0 Å². The number of rotatable bonds is 5. The number of aromatic nitrogens is 1. The van der Waals surface area contributed by atoms with Gasteiger partial charge in [-0.3, -0.25) is 4.79 Å². The van der Waals surface area contributed by atoms with Gasteiger partial charge in [-0.25, -0.2) is 4.98 Å². The molecule has 108 valence electrons. The van der Waals surface area contributed by atoms with Gasteiger partial charge in [-0.05, 0) is 30.5 Å². The third-order valence-electron chi connectivity index (χ3n) is 3.71. The molecule has 4 nitrogen and oxygen atoms in total. The average Bonchev–Trinajstić information content (AvgIpc) is 2.47. The molecule has 0 radical (unpaired) electrons. The Bertz CT molecular complexity index is 580. The molecular weight excluding hydrogens is 264 g/mol. The van der Waals surface area contributed by atoms with E-state index in [1.807, 2.05) is 42.5 Å². The van der Waals surface area contributed by atoms with Crippen molar-refractivity contribution in [1.82, 2.24) is 4.98 Å². The normalized spacial score (nSPS) is 20.6. The maximum atomic E-state index is 12.0. The zero-order chi connectivity index (χ0) is 14.5. The summed E-state index contributed by atoms with van der Waals surface area (Å²) < 4.78 is 5.80. The lowest BCUT2D eigenvalue weighted by molar-refractivity contribution is -0.129. The van der Waals surface area contributed by atoms with Crippen molar-refractivity contribution in [3.8, 4) is 0 Å². The quantitative estimate of drug-likeness (QED) is 0.917. The number of amides is 1. The number of benzene rings is 1. The second-order valence-corrected chi connectivity index (χ2v) is 5.29. The summed E-state index contributed by atoms with van der Waals surface area (Å²) in [6.07, 6.45) is 3.42. The van der Waals surface area contributed by atoms with Crippen LogP contribution in [0.15, 0.2) is 54.7 Å². The van der Waals surface area contributed by atoms with Gasteiger partial charge >= 0.3 is 0 Å². The van der Waals surface area contributed by atoms with Crippen molar-refractivity contribution in [2.45, 2.75) is 25.6 Å². The minimum Gasteiger partial charge on any atom is -0.373 e. The molecular formula is C17H18N2O2. The summed E-state index contributed by atoms with van der Waals surface area (Å²) >= 11 is 0. The van der Waals surface area contributed by atoms with E-state index in [9.17, 15) is 4.79 Å². The Kier molecular flexibility index (Phi) is 4.26. The van der Waals surface area contributed by atoms with Crippen molar-refractivity contribution in [3.05, 3.63) is 60.3 Å². The van der Waals surface area contributed by atoms with Gasteiger partial charge in [-0.2, -0.15) is 0 Å². The first-order chi connectivity index (χ1) is 10.3. The molecule has 0 bridgehead atoms. The van der Waals surface area contributed by atoms with E-state index in [1.54, 1.807) is 12.3 Å². The fourth-order valence-electron chi connectivity index (χ4n) is 2.37. The van der Waals surface area contributed by atoms with Crippen LogP contribution < -0.4 is 5.32 Å². The zero-order valence-electron chi connectivity index (χ0n) is 11.7. The summed E-state index contributed by atoms with van der Waals surface area (Å²) in [7, 11) is 0. The number of nitrogens with zero attached hydrogens (tertiary/aromatic N) is 1. The number of carbonyl (C=O) groups is 1. The van der Waals surface area contributed by atoms with E-state index < -0.39 is 0 Å². The Morgan fingerprint density at radius 1 is 1.14 bits per heavy atom. The van der Waals surface area contributed by atoms with Crippen molar-refractivity contribution >= 4 is 11.7 Å². The summed E-state index contributed by atoms with van der Waals surface area (Å²) in [5.41, 5.74) is 1.17. The first kappa shape index (κ1) is 13.8. The van der Waals surface area contributed by atoms with Crippen LogP contribution in [0, 0.1) is 5.92 Å². The van der Waals surface area contributed by atoms with Gasteiger partial charge in [0.25, 0.3) is 0 Å². The van der Waals surface area contributed by atoms with Crippen LogP contribution in [-0.2, 0) is 16.1 Å². The number of hydrogen-bond donors (Lipinski definition) is 1. The number of ether oxygens (including phenoxy) is 1. The molecule has 0 saturated heterocycles. The van der Waals surface area contributed by atoms with Crippen molar-refractivity contribution in [1.29, 1.82) is 0 Å². The Balaban J connectivity index is 1.40. The second-order valence-electron chi connectivity index (χ2n) is 5.29. The fraction of sp³-hybridized carbons (Fsp3) is 0.294. The van der Waals surface area contributed by atoms with Gasteiger partial charge < -0.3 is 10.1 Å². The molecule has 3 rings (SSSR count). The molecule has 21 heavy (non-hydrogen) atoms. The highest BCUT2D eigenvalue weighted by Crippen LogP contribution is 2.31. The van der Waals surface area contributed by atoms with Crippen molar-refractivity contribution < 1.29 is 9.53 Å². The Morgan fingerprint density at radius 2 is 1.90 bits per heavy atom. The van der Waals surface area contributed by atoms with Gasteiger partial charge in [0.15, 0.2) is 0 Å². The highest BCUT2D eigenvalue weighted by Gasteiger charge is 2.35. The van der Waals surface area contributed by atoms with Crippen LogP contribution >= 0.6 is 0 Å². The van der Waals surface area contributed by atoms with Gasteiger partial charge in [0.1, 0.15) is 5.82 Å². The van der Waals surface area contributed by atoms with Gasteiger partial charge in [-0.1, -0.05) is 36.4 Å². The molecule has 0 atom stereocenters. The highest BCUT2D eigenvalue weighted by atomic mass is 16.5. The molecule has 4 heteroatoms. The maximum absolute atomic E-state index is 12.0. The molecule has 1 aliphatic carbocycles. The van der Waals surface area contributed by atoms with Crippen LogP contribution in [0.3, 0.4) is 0 Å². The third-order valence-corrected chi connectivity index (χ3v) is 3.71. The summed E-state index contributed by atoms with van der Waals surface area (Å²) in [4.78, 5) is 16.1. The number of pyridine rings is 1. The average molecular weight is 282 g/mol. The van der Waals surface area contributed by atoms with E-state index in [-0.39, 0.29) is 17.9 Å². The molecule has 1 aromatic heterocycles. The van der Waals surface area contributed by atoms with E-state index in [2.05, 4.69) is 10.3 Å². The topological polar surface area (TPSA) is 51.2 Å². The summed E-state index contributed by atoms with van der Waals surface area (Å²) in [6.45, 7) is 0.611. The second kappa shape index (κ2) is 6.50. The van der Waals surface area contributed by atoms with Crippen LogP contribution in [0.4, 0.5) is 5.82 Å². The smallest absolute Gasteiger partial charge is 0.228 e. The van der Waals surface area contributed by atoms with E-state index in [0.717, 1.165) is 12.8 Å². The van der Waals surface area contributed by atoms with Crippen molar-refractivity contribution in [3.63, 3.8) is 0 Å². The molecule has 1 fully saturated rings. The molecule has 0 unspecified atom stereocenters. The van der Waals surface area contributed by atoms with Crippen molar-refractivity contribution in [2.24, 2.45) is 5.92 Å². The molecule has 1 aliphatic rings. The van der Waals surface area contributed by atoms with Gasteiger partial charge in [-0.15, -0.1) is 0 Å². The van der Waals surface area contributed by atoms with Gasteiger partial charge in [0.05, 0.1) is 12.7 Å².